The van der Waals surface area contributed by atoms with Crippen LogP contribution >= 0.6 is 0 Å². The third kappa shape index (κ3) is 4.06. The lowest BCUT2D eigenvalue weighted by molar-refractivity contribution is 0.147. The number of nitrogens with one attached hydrogen (secondary N) is 1. The SMILES string of the molecule is Cc1cc(C)c(C(C)N(CCO)CC2CCCN2)c(C)c1. The Hall–Kier alpha value is -0.900. The summed E-state index contributed by atoms with van der Waals surface area (Å²) in [6.45, 7) is 12.0. The summed E-state index contributed by atoms with van der Waals surface area (Å²) >= 11 is 0. The summed E-state index contributed by atoms with van der Waals surface area (Å²) in [5.41, 5.74) is 5.48. The van der Waals surface area contributed by atoms with Gasteiger partial charge in [0.15, 0.2) is 0 Å². The average molecular weight is 290 g/mol. The van der Waals surface area contributed by atoms with E-state index >= 15 is 0 Å². The van der Waals surface area contributed by atoms with Crippen LogP contribution in [0.2, 0.25) is 0 Å². The van der Waals surface area contributed by atoms with Crippen LogP contribution in [0, 0.1) is 20.8 Å². The highest BCUT2D eigenvalue weighted by Crippen LogP contribution is 2.28. The van der Waals surface area contributed by atoms with Crippen molar-refractivity contribution < 1.29 is 5.11 Å². The predicted molar refractivity (Wildman–Crippen MR) is 88.8 cm³/mol. The molecule has 3 nitrogen and oxygen atoms in total. The fourth-order valence-corrected chi connectivity index (χ4v) is 3.80. The molecule has 0 aromatic heterocycles. The maximum absolute atomic E-state index is 9.43. The van der Waals surface area contributed by atoms with Crippen molar-refractivity contribution in [2.24, 2.45) is 0 Å². The number of hydrogen-bond acceptors (Lipinski definition) is 3. The van der Waals surface area contributed by atoms with Gasteiger partial charge in [0.25, 0.3) is 0 Å². The summed E-state index contributed by atoms with van der Waals surface area (Å²) in [4.78, 5) is 2.42. The summed E-state index contributed by atoms with van der Waals surface area (Å²) in [5, 5.41) is 13.0. The topological polar surface area (TPSA) is 35.5 Å². The molecule has 1 aromatic carbocycles. The summed E-state index contributed by atoms with van der Waals surface area (Å²) in [7, 11) is 0. The van der Waals surface area contributed by atoms with Gasteiger partial charge in [0.1, 0.15) is 0 Å². The zero-order valence-electron chi connectivity index (χ0n) is 13.9. The number of nitrogens with zero attached hydrogens (tertiary/aromatic N) is 1. The number of rotatable bonds is 6. The summed E-state index contributed by atoms with van der Waals surface area (Å²) in [5.74, 6) is 0. The smallest absolute Gasteiger partial charge is 0.0558 e. The molecule has 2 rings (SSSR count). The van der Waals surface area contributed by atoms with E-state index in [1.807, 2.05) is 0 Å². The second kappa shape index (κ2) is 7.39. The Morgan fingerprint density at radius 3 is 2.48 bits per heavy atom. The molecule has 2 N–H and O–H groups in total. The molecule has 0 radical (unpaired) electrons. The molecule has 0 aliphatic carbocycles. The van der Waals surface area contributed by atoms with E-state index in [4.69, 9.17) is 0 Å². The van der Waals surface area contributed by atoms with Crippen LogP contribution in [0.5, 0.6) is 0 Å². The summed E-state index contributed by atoms with van der Waals surface area (Å²) < 4.78 is 0. The quantitative estimate of drug-likeness (QED) is 0.845. The molecule has 1 fully saturated rings. The van der Waals surface area contributed by atoms with Crippen LogP contribution in [-0.4, -0.2) is 42.3 Å². The highest BCUT2D eigenvalue weighted by atomic mass is 16.3. The first kappa shape index (κ1) is 16.5. The van der Waals surface area contributed by atoms with Gasteiger partial charge in [-0.25, -0.2) is 0 Å². The number of aliphatic hydroxyl groups excluding tert-OH is 1. The van der Waals surface area contributed by atoms with E-state index in [9.17, 15) is 5.11 Å². The zero-order valence-corrected chi connectivity index (χ0v) is 13.9. The maximum atomic E-state index is 9.43. The van der Waals surface area contributed by atoms with E-state index < -0.39 is 0 Å². The molecule has 1 aliphatic heterocycles. The van der Waals surface area contributed by atoms with Crippen LogP contribution in [0.25, 0.3) is 0 Å². The van der Waals surface area contributed by atoms with E-state index in [2.05, 4.69) is 50.0 Å². The lowest BCUT2D eigenvalue weighted by atomic mass is 9.93. The lowest BCUT2D eigenvalue weighted by Crippen LogP contribution is -2.40. The van der Waals surface area contributed by atoms with Gasteiger partial charge in [-0.2, -0.15) is 0 Å². The Morgan fingerprint density at radius 1 is 1.29 bits per heavy atom. The van der Waals surface area contributed by atoms with Gasteiger partial charge in [0.05, 0.1) is 6.61 Å². The second-order valence-corrected chi connectivity index (χ2v) is 6.50. The fraction of sp³-hybridized carbons (Fsp3) is 0.667. The van der Waals surface area contributed by atoms with Crippen molar-refractivity contribution in [2.45, 2.75) is 52.6 Å². The Morgan fingerprint density at radius 2 is 1.95 bits per heavy atom. The molecule has 0 spiro atoms. The Kier molecular flexibility index (Phi) is 5.80. The van der Waals surface area contributed by atoms with Gasteiger partial charge in [-0.05, 0) is 63.8 Å². The average Bonchev–Trinajstić information content (AvgIpc) is 2.89. The molecule has 2 atom stereocenters. The predicted octanol–water partition coefficient (Wildman–Crippen LogP) is 2.72. The van der Waals surface area contributed by atoms with Crippen molar-refractivity contribution in [3.63, 3.8) is 0 Å². The molecule has 1 heterocycles. The van der Waals surface area contributed by atoms with Crippen LogP contribution in [-0.2, 0) is 0 Å². The standard InChI is InChI=1S/C18H30N2O/c1-13-10-14(2)18(15(3)11-13)16(4)20(8-9-21)12-17-6-5-7-19-17/h10-11,16-17,19,21H,5-9,12H2,1-4H3. The normalized spacial score (nSPS) is 20.2. The fourth-order valence-electron chi connectivity index (χ4n) is 3.80. The summed E-state index contributed by atoms with van der Waals surface area (Å²) in [6.07, 6.45) is 2.52. The molecule has 1 saturated heterocycles. The van der Waals surface area contributed by atoms with Gasteiger partial charge in [-0.15, -0.1) is 0 Å². The third-order valence-corrected chi connectivity index (χ3v) is 4.71. The molecule has 0 saturated carbocycles. The van der Waals surface area contributed by atoms with Gasteiger partial charge in [-0.1, -0.05) is 17.7 Å². The number of benzene rings is 1. The molecule has 1 aromatic rings. The second-order valence-electron chi connectivity index (χ2n) is 6.50. The maximum Gasteiger partial charge on any atom is 0.0558 e. The molecular formula is C18H30N2O. The molecule has 21 heavy (non-hydrogen) atoms. The van der Waals surface area contributed by atoms with E-state index in [0.717, 1.165) is 19.6 Å². The van der Waals surface area contributed by atoms with Gasteiger partial charge in [-0.3, -0.25) is 4.90 Å². The molecular weight excluding hydrogens is 260 g/mol. The van der Waals surface area contributed by atoms with Gasteiger partial charge in [0.2, 0.25) is 0 Å². The van der Waals surface area contributed by atoms with E-state index in [1.54, 1.807) is 0 Å². The van der Waals surface area contributed by atoms with Crippen molar-refractivity contribution >= 4 is 0 Å². The van der Waals surface area contributed by atoms with Gasteiger partial charge < -0.3 is 10.4 Å². The molecule has 0 bridgehead atoms. The first-order valence-corrected chi connectivity index (χ1v) is 8.19. The van der Waals surface area contributed by atoms with Crippen molar-refractivity contribution in [1.82, 2.24) is 10.2 Å². The van der Waals surface area contributed by atoms with Crippen LogP contribution in [0.3, 0.4) is 0 Å². The van der Waals surface area contributed by atoms with Crippen molar-refractivity contribution in [1.29, 1.82) is 0 Å². The highest BCUT2D eigenvalue weighted by Gasteiger charge is 2.23. The minimum atomic E-state index is 0.223. The van der Waals surface area contributed by atoms with E-state index in [1.165, 1.54) is 35.1 Å². The number of aryl methyl sites for hydroxylation is 3. The lowest BCUT2D eigenvalue weighted by Gasteiger charge is -2.33. The van der Waals surface area contributed by atoms with Crippen molar-refractivity contribution in [3.8, 4) is 0 Å². The first-order valence-electron chi connectivity index (χ1n) is 8.19. The third-order valence-electron chi connectivity index (χ3n) is 4.71. The molecule has 1 aliphatic rings. The molecule has 3 heteroatoms. The van der Waals surface area contributed by atoms with E-state index in [0.29, 0.717) is 12.1 Å². The molecule has 118 valence electrons. The number of hydrogen-bond donors (Lipinski definition) is 2. The summed E-state index contributed by atoms with van der Waals surface area (Å²) in [6, 6.07) is 5.46. The number of aliphatic hydroxyl groups is 1. The van der Waals surface area contributed by atoms with Crippen LogP contribution in [0.15, 0.2) is 12.1 Å². The zero-order chi connectivity index (χ0) is 15.4. The van der Waals surface area contributed by atoms with E-state index in [-0.39, 0.29) is 6.61 Å². The Balaban J connectivity index is 2.18. The minimum Gasteiger partial charge on any atom is -0.395 e. The Labute approximate surface area is 129 Å². The van der Waals surface area contributed by atoms with Crippen LogP contribution < -0.4 is 5.32 Å². The largest absolute Gasteiger partial charge is 0.395 e. The highest BCUT2D eigenvalue weighted by molar-refractivity contribution is 5.39. The van der Waals surface area contributed by atoms with Crippen LogP contribution in [0.1, 0.15) is 48.1 Å². The monoisotopic (exact) mass is 290 g/mol. The first-order chi connectivity index (χ1) is 10.0. The van der Waals surface area contributed by atoms with Crippen molar-refractivity contribution in [2.75, 3.05) is 26.2 Å². The van der Waals surface area contributed by atoms with Crippen molar-refractivity contribution in [3.05, 3.63) is 34.4 Å². The molecule has 0 amide bonds. The van der Waals surface area contributed by atoms with Gasteiger partial charge in [0, 0.05) is 25.2 Å². The Bertz CT molecular complexity index is 443. The molecule has 2 unspecified atom stereocenters. The van der Waals surface area contributed by atoms with Crippen LogP contribution in [0.4, 0.5) is 0 Å². The van der Waals surface area contributed by atoms with Gasteiger partial charge >= 0.3 is 0 Å². The minimum absolute atomic E-state index is 0.223.